The average Bonchev–Trinajstić information content (AvgIpc) is 2.53. The van der Waals surface area contributed by atoms with Crippen LogP contribution >= 0.6 is 11.3 Å². The van der Waals surface area contributed by atoms with Gasteiger partial charge in [-0.05, 0) is 36.4 Å². The van der Waals surface area contributed by atoms with Crippen LogP contribution in [0.5, 0.6) is 0 Å². The molecule has 4 heteroatoms. The SMILES string of the molecule is C[C@@H](N)CN(C)C[C@@H](O)c1ccsc1. The van der Waals surface area contributed by atoms with E-state index in [0.29, 0.717) is 6.54 Å². The molecule has 0 fully saturated rings. The third kappa shape index (κ3) is 3.75. The maximum atomic E-state index is 9.82. The zero-order valence-corrected chi connectivity index (χ0v) is 9.50. The standard InChI is InChI=1S/C10H18N2OS/c1-8(11)5-12(2)6-10(13)9-3-4-14-7-9/h3-4,7-8,10,13H,5-6,11H2,1-2H3/t8-,10-/m1/s1. The van der Waals surface area contributed by atoms with Crippen LogP contribution in [0.2, 0.25) is 0 Å². The van der Waals surface area contributed by atoms with Crippen LogP contribution in [-0.4, -0.2) is 36.2 Å². The van der Waals surface area contributed by atoms with Crippen molar-refractivity contribution in [1.82, 2.24) is 4.90 Å². The maximum absolute atomic E-state index is 9.82. The zero-order valence-electron chi connectivity index (χ0n) is 8.68. The highest BCUT2D eigenvalue weighted by Crippen LogP contribution is 2.16. The molecule has 3 nitrogen and oxygen atoms in total. The fraction of sp³-hybridized carbons (Fsp3) is 0.600. The summed E-state index contributed by atoms with van der Waals surface area (Å²) in [6.45, 7) is 3.41. The Labute approximate surface area is 89.2 Å². The molecule has 0 spiro atoms. The molecule has 0 aliphatic rings. The molecule has 0 saturated carbocycles. The normalized spacial score (nSPS) is 15.8. The molecule has 0 amide bonds. The fourth-order valence-electron chi connectivity index (χ4n) is 1.43. The van der Waals surface area contributed by atoms with Gasteiger partial charge in [-0.2, -0.15) is 11.3 Å². The highest BCUT2D eigenvalue weighted by molar-refractivity contribution is 7.07. The number of likely N-dealkylation sites (N-methyl/N-ethyl adjacent to an activating group) is 1. The first kappa shape index (κ1) is 11.7. The molecule has 0 bridgehead atoms. The van der Waals surface area contributed by atoms with Crippen molar-refractivity contribution >= 4 is 11.3 Å². The molecule has 0 unspecified atom stereocenters. The smallest absolute Gasteiger partial charge is 0.0924 e. The van der Waals surface area contributed by atoms with E-state index in [1.54, 1.807) is 11.3 Å². The largest absolute Gasteiger partial charge is 0.387 e. The molecular formula is C10H18N2OS. The molecular weight excluding hydrogens is 196 g/mol. The summed E-state index contributed by atoms with van der Waals surface area (Å²) in [6, 6.07) is 2.10. The number of aliphatic hydroxyl groups is 1. The molecule has 1 rings (SSSR count). The van der Waals surface area contributed by atoms with Crippen molar-refractivity contribution in [2.75, 3.05) is 20.1 Å². The van der Waals surface area contributed by atoms with Gasteiger partial charge in [0.05, 0.1) is 6.10 Å². The molecule has 0 saturated heterocycles. The van der Waals surface area contributed by atoms with Gasteiger partial charge in [-0.1, -0.05) is 0 Å². The van der Waals surface area contributed by atoms with Gasteiger partial charge in [0.15, 0.2) is 0 Å². The minimum Gasteiger partial charge on any atom is -0.387 e. The molecule has 80 valence electrons. The lowest BCUT2D eigenvalue weighted by molar-refractivity contribution is 0.125. The molecule has 1 heterocycles. The zero-order chi connectivity index (χ0) is 10.6. The molecule has 0 aromatic carbocycles. The second-order valence-corrected chi connectivity index (χ2v) is 4.55. The number of thiophene rings is 1. The van der Waals surface area contributed by atoms with Crippen LogP contribution in [-0.2, 0) is 0 Å². The number of hydrogen-bond acceptors (Lipinski definition) is 4. The minimum atomic E-state index is -0.398. The molecule has 0 aliphatic heterocycles. The Kier molecular flexibility index (Phi) is 4.54. The second kappa shape index (κ2) is 5.46. The fourth-order valence-corrected chi connectivity index (χ4v) is 2.14. The Morgan fingerprint density at radius 2 is 2.29 bits per heavy atom. The van der Waals surface area contributed by atoms with Crippen molar-refractivity contribution in [2.45, 2.75) is 19.1 Å². The average molecular weight is 214 g/mol. The van der Waals surface area contributed by atoms with Crippen molar-refractivity contribution < 1.29 is 5.11 Å². The third-order valence-corrected chi connectivity index (χ3v) is 2.71. The predicted molar refractivity (Wildman–Crippen MR) is 60.4 cm³/mol. The number of rotatable bonds is 5. The van der Waals surface area contributed by atoms with Gasteiger partial charge in [0.25, 0.3) is 0 Å². The van der Waals surface area contributed by atoms with Crippen molar-refractivity contribution in [3.05, 3.63) is 22.4 Å². The summed E-state index contributed by atoms with van der Waals surface area (Å²) in [5.41, 5.74) is 6.66. The summed E-state index contributed by atoms with van der Waals surface area (Å²) in [4.78, 5) is 2.05. The topological polar surface area (TPSA) is 49.5 Å². The number of nitrogens with zero attached hydrogens (tertiary/aromatic N) is 1. The first-order valence-corrected chi connectivity index (χ1v) is 5.68. The van der Waals surface area contributed by atoms with Gasteiger partial charge in [-0.3, -0.25) is 0 Å². The van der Waals surface area contributed by atoms with Crippen molar-refractivity contribution in [3.8, 4) is 0 Å². The molecule has 1 aromatic heterocycles. The highest BCUT2D eigenvalue weighted by atomic mass is 32.1. The number of nitrogens with two attached hydrogens (primary N) is 1. The van der Waals surface area contributed by atoms with E-state index < -0.39 is 6.10 Å². The van der Waals surface area contributed by atoms with Gasteiger partial charge in [-0.25, -0.2) is 0 Å². The summed E-state index contributed by atoms with van der Waals surface area (Å²) in [6.07, 6.45) is -0.398. The molecule has 0 aliphatic carbocycles. The first-order valence-electron chi connectivity index (χ1n) is 4.74. The Bertz CT molecular complexity index is 249. The summed E-state index contributed by atoms with van der Waals surface area (Å²) < 4.78 is 0. The Morgan fingerprint density at radius 3 is 2.79 bits per heavy atom. The van der Waals surface area contributed by atoms with Crippen molar-refractivity contribution in [3.63, 3.8) is 0 Å². The lowest BCUT2D eigenvalue weighted by Gasteiger charge is -2.21. The van der Waals surface area contributed by atoms with E-state index in [9.17, 15) is 5.11 Å². The van der Waals surface area contributed by atoms with Crippen LogP contribution in [0.3, 0.4) is 0 Å². The van der Waals surface area contributed by atoms with Crippen LogP contribution in [0, 0.1) is 0 Å². The van der Waals surface area contributed by atoms with E-state index in [4.69, 9.17) is 5.73 Å². The molecule has 1 aromatic rings. The Balaban J connectivity index is 2.37. The number of aliphatic hydroxyl groups excluding tert-OH is 1. The summed E-state index contributed by atoms with van der Waals surface area (Å²) in [7, 11) is 1.97. The van der Waals surface area contributed by atoms with E-state index in [2.05, 4.69) is 0 Å². The van der Waals surface area contributed by atoms with Crippen molar-refractivity contribution in [1.29, 1.82) is 0 Å². The van der Waals surface area contributed by atoms with E-state index >= 15 is 0 Å². The van der Waals surface area contributed by atoms with Gasteiger partial charge in [-0.15, -0.1) is 0 Å². The Morgan fingerprint density at radius 1 is 1.57 bits per heavy atom. The van der Waals surface area contributed by atoms with Crippen LogP contribution < -0.4 is 5.73 Å². The predicted octanol–water partition coefficient (Wildman–Crippen LogP) is 1.06. The van der Waals surface area contributed by atoms with Gasteiger partial charge < -0.3 is 15.7 Å². The first-order chi connectivity index (χ1) is 6.59. The van der Waals surface area contributed by atoms with E-state index in [1.165, 1.54) is 0 Å². The minimum absolute atomic E-state index is 0.148. The molecule has 14 heavy (non-hydrogen) atoms. The van der Waals surface area contributed by atoms with Crippen molar-refractivity contribution in [2.24, 2.45) is 5.73 Å². The van der Waals surface area contributed by atoms with Gasteiger partial charge in [0, 0.05) is 19.1 Å². The quantitative estimate of drug-likeness (QED) is 0.770. The maximum Gasteiger partial charge on any atom is 0.0924 e. The third-order valence-electron chi connectivity index (χ3n) is 2.01. The lowest BCUT2D eigenvalue weighted by Crippen LogP contribution is -2.35. The van der Waals surface area contributed by atoms with Crippen LogP contribution in [0.4, 0.5) is 0 Å². The van der Waals surface area contributed by atoms with Gasteiger partial charge in [0.2, 0.25) is 0 Å². The highest BCUT2D eigenvalue weighted by Gasteiger charge is 2.11. The lowest BCUT2D eigenvalue weighted by atomic mass is 10.2. The number of hydrogen-bond donors (Lipinski definition) is 2. The summed E-state index contributed by atoms with van der Waals surface area (Å²) >= 11 is 1.61. The van der Waals surface area contributed by atoms with Crippen LogP contribution in [0.15, 0.2) is 16.8 Å². The van der Waals surface area contributed by atoms with E-state index in [-0.39, 0.29) is 6.04 Å². The van der Waals surface area contributed by atoms with Gasteiger partial charge in [0.1, 0.15) is 0 Å². The van der Waals surface area contributed by atoms with E-state index in [1.807, 2.05) is 35.7 Å². The summed E-state index contributed by atoms with van der Waals surface area (Å²) in [5.74, 6) is 0. The molecule has 3 N–H and O–H groups in total. The molecule has 0 radical (unpaired) electrons. The van der Waals surface area contributed by atoms with E-state index in [0.717, 1.165) is 12.1 Å². The van der Waals surface area contributed by atoms with Gasteiger partial charge >= 0.3 is 0 Å². The molecule has 2 atom stereocenters. The summed E-state index contributed by atoms with van der Waals surface area (Å²) in [5, 5.41) is 13.8. The Hall–Kier alpha value is -0.420. The second-order valence-electron chi connectivity index (χ2n) is 3.77. The van der Waals surface area contributed by atoms with Crippen LogP contribution in [0.25, 0.3) is 0 Å². The van der Waals surface area contributed by atoms with Crippen LogP contribution in [0.1, 0.15) is 18.6 Å². The monoisotopic (exact) mass is 214 g/mol.